The van der Waals surface area contributed by atoms with E-state index >= 15 is 0 Å². The van der Waals surface area contributed by atoms with Crippen molar-refractivity contribution < 1.29 is 4.55 Å². The predicted octanol–water partition coefficient (Wildman–Crippen LogP) is 4.02. The minimum absolute atomic E-state index is 0.576. The van der Waals surface area contributed by atoms with Crippen LogP contribution < -0.4 is 0 Å². The largest absolute Gasteiger partial charge is 0.616 e. The van der Waals surface area contributed by atoms with Crippen LogP contribution in [0.4, 0.5) is 0 Å². The molecule has 0 fully saturated rings. The summed E-state index contributed by atoms with van der Waals surface area (Å²) in [5.74, 6) is 2.18. The SMILES string of the molecule is C=CC[S+]([O-])C/C=C\SSCc1ccccc1. The molecule has 0 aliphatic carbocycles. The molecule has 0 radical (unpaired) electrons. The molecule has 1 unspecified atom stereocenters. The van der Waals surface area contributed by atoms with Crippen molar-refractivity contribution in [1.82, 2.24) is 0 Å². The zero-order chi connectivity index (χ0) is 12.3. The molecule has 4 heteroatoms. The minimum Gasteiger partial charge on any atom is -0.616 e. The monoisotopic (exact) mass is 284 g/mol. The van der Waals surface area contributed by atoms with E-state index in [1.807, 2.05) is 17.6 Å². The lowest BCUT2D eigenvalue weighted by atomic mass is 10.2. The van der Waals surface area contributed by atoms with Crippen molar-refractivity contribution in [3.8, 4) is 0 Å². The fourth-order valence-corrected chi connectivity index (χ4v) is 3.67. The quantitative estimate of drug-likeness (QED) is 0.312. The van der Waals surface area contributed by atoms with Crippen LogP contribution in [0.3, 0.4) is 0 Å². The van der Waals surface area contributed by atoms with Crippen molar-refractivity contribution in [2.24, 2.45) is 0 Å². The molecule has 0 saturated carbocycles. The van der Waals surface area contributed by atoms with Crippen LogP contribution in [-0.4, -0.2) is 16.1 Å². The van der Waals surface area contributed by atoms with Gasteiger partial charge in [-0.25, -0.2) is 0 Å². The van der Waals surface area contributed by atoms with Gasteiger partial charge in [-0.1, -0.05) is 58.5 Å². The number of rotatable bonds is 8. The lowest BCUT2D eigenvalue weighted by molar-refractivity contribution is 0.601. The highest BCUT2D eigenvalue weighted by molar-refractivity contribution is 8.77. The zero-order valence-electron chi connectivity index (χ0n) is 9.58. The van der Waals surface area contributed by atoms with Crippen LogP contribution in [0.5, 0.6) is 0 Å². The predicted molar refractivity (Wildman–Crippen MR) is 82.5 cm³/mol. The van der Waals surface area contributed by atoms with Crippen molar-refractivity contribution in [2.75, 3.05) is 11.5 Å². The summed E-state index contributed by atoms with van der Waals surface area (Å²) in [5.41, 5.74) is 1.33. The maximum absolute atomic E-state index is 11.3. The molecule has 1 aromatic carbocycles. The van der Waals surface area contributed by atoms with Crippen molar-refractivity contribution >= 4 is 32.8 Å². The molecular weight excluding hydrogens is 268 g/mol. The molecule has 0 bridgehead atoms. The van der Waals surface area contributed by atoms with E-state index in [9.17, 15) is 4.55 Å². The van der Waals surface area contributed by atoms with Crippen molar-refractivity contribution in [3.05, 3.63) is 60.0 Å². The van der Waals surface area contributed by atoms with Crippen LogP contribution in [0.25, 0.3) is 0 Å². The van der Waals surface area contributed by atoms with Gasteiger partial charge in [0.2, 0.25) is 0 Å². The summed E-state index contributed by atoms with van der Waals surface area (Å²) < 4.78 is 11.3. The van der Waals surface area contributed by atoms with Crippen LogP contribution in [0.15, 0.2) is 54.5 Å². The first kappa shape index (κ1) is 14.8. The molecule has 1 atom stereocenters. The van der Waals surface area contributed by atoms with E-state index in [1.54, 1.807) is 27.7 Å². The van der Waals surface area contributed by atoms with Gasteiger partial charge in [0, 0.05) is 5.75 Å². The Morgan fingerprint density at radius 1 is 1.24 bits per heavy atom. The molecule has 92 valence electrons. The first-order valence-corrected chi connectivity index (χ1v) is 9.13. The fourth-order valence-electron chi connectivity index (χ4n) is 1.10. The molecule has 0 aromatic heterocycles. The number of hydrogen-bond donors (Lipinski definition) is 0. The van der Waals surface area contributed by atoms with Gasteiger partial charge in [-0.2, -0.15) is 0 Å². The zero-order valence-corrected chi connectivity index (χ0v) is 12.0. The number of hydrogen-bond acceptors (Lipinski definition) is 3. The Morgan fingerprint density at radius 3 is 2.71 bits per heavy atom. The maximum Gasteiger partial charge on any atom is 0.124 e. The average Bonchev–Trinajstić information content (AvgIpc) is 2.35. The van der Waals surface area contributed by atoms with E-state index < -0.39 is 11.2 Å². The topological polar surface area (TPSA) is 23.1 Å². The highest BCUT2D eigenvalue weighted by Gasteiger charge is 1.97. The summed E-state index contributed by atoms with van der Waals surface area (Å²) >= 11 is -0.789. The molecule has 1 aromatic rings. The molecule has 17 heavy (non-hydrogen) atoms. The Labute approximate surface area is 114 Å². The van der Waals surface area contributed by atoms with Crippen LogP contribution in [0, 0.1) is 0 Å². The highest BCUT2D eigenvalue weighted by atomic mass is 33.1. The van der Waals surface area contributed by atoms with Crippen LogP contribution in [0.1, 0.15) is 5.56 Å². The molecule has 0 spiro atoms. The van der Waals surface area contributed by atoms with E-state index in [-0.39, 0.29) is 0 Å². The van der Waals surface area contributed by atoms with Gasteiger partial charge in [0.1, 0.15) is 11.5 Å². The summed E-state index contributed by atoms with van der Waals surface area (Å²) in [7, 11) is 3.47. The Morgan fingerprint density at radius 2 is 2.00 bits per heavy atom. The molecule has 0 N–H and O–H groups in total. The minimum atomic E-state index is -0.789. The molecule has 0 amide bonds. The van der Waals surface area contributed by atoms with Crippen LogP contribution in [-0.2, 0) is 16.9 Å². The molecule has 0 aliphatic rings. The average molecular weight is 284 g/mol. The summed E-state index contributed by atoms with van der Waals surface area (Å²) in [6.45, 7) is 3.57. The second-order valence-electron chi connectivity index (χ2n) is 3.28. The lowest BCUT2D eigenvalue weighted by Gasteiger charge is -2.04. The van der Waals surface area contributed by atoms with Gasteiger partial charge in [0.25, 0.3) is 0 Å². The Kier molecular flexibility index (Phi) is 8.44. The van der Waals surface area contributed by atoms with E-state index in [1.165, 1.54) is 5.56 Å². The van der Waals surface area contributed by atoms with Crippen molar-refractivity contribution in [3.63, 3.8) is 0 Å². The van der Waals surface area contributed by atoms with E-state index in [0.717, 1.165) is 5.75 Å². The normalized spacial score (nSPS) is 12.8. The second kappa shape index (κ2) is 9.71. The first-order valence-electron chi connectivity index (χ1n) is 5.26. The third kappa shape index (κ3) is 7.60. The van der Waals surface area contributed by atoms with E-state index in [0.29, 0.717) is 11.5 Å². The van der Waals surface area contributed by atoms with Gasteiger partial charge in [-0.05, 0) is 34.3 Å². The highest BCUT2D eigenvalue weighted by Crippen LogP contribution is 2.26. The maximum atomic E-state index is 11.3. The third-order valence-electron chi connectivity index (χ3n) is 1.87. The first-order chi connectivity index (χ1) is 8.33. The summed E-state index contributed by atoms with van der Waals surface area (Å²) in [6, 6.07) is 10.4. The van der Waals surface area contributed by atoms with Gasteiger partial charge in [-0.3, -0.25) is 0 Å². The molecule has 1 nitrogen and oxygen atoms in total. The van der Waals surface area contributed by atoms with E-state index in [4.69, 9.17) is 0 Å². The van der Waals surface area contributed by atoms with Gasteiger partial charge in [0.15, 0.2) is 0 Å². The third-order valence-corrected chi connectivity index (χ3v) is 5.03. The van der Waals surface area contributed by atoms with Crippen LogP contribution >= 0.6 is 21.6 Å². The van der Waals surface area contributed by atoms with Crippen molar-refractivity contribution in [1.29, 1.82) is 0 Å². The molecule has 1 rings (SSSR count). The summed E-state index contributed by atoms with van der Waals surface area (Å²) in [4.78, 5) is 0. The molecule has 0 aliphatic heterocycles. The number of benzene rings is 1. The second-order valence-corrected chi connectivity index (χ2v) is 7.10. The Bertz CT molecular complexity index is 338. The van der Waals surface area contributed by atoms with E-state index in [2.05, 4.69) is 30.8 Å². The smallest absolute Gasteiger partial charge is 0.124 e. The van der Waals surface area contributed by atoms with Gasteiger partial charge in [-0.15, -0.1) is 0 Å². The van der Waals surface area contributed by atoms with Crippen LogP contribution in [0.2, 0.25) is 0 Å². The standard InChI is InChI=1S/C13H16OS3/c1-2-10-17(14)11-6-9-15-16-12-13-7-4-3-5-8-13/h2-9H,1,10-12H2/b9-6-. The van der Waals surface area contributed by atoms with Gasteiger partial charge < -0.3 is 4.55 Å². The molecule has 0 saturated heterocycles. The summed E-state index contributed by atoms with van der Waals surface area (Å²) in [6.07, 6.45) is 3.66. The molecule has 0 heterocycles. The van der Waals surface area contributed by atoms with Gasteiger partial charge >= 0.3 is 0 Å². The summed E-state index contributed by atoms with van der Waals surface area (Å²) in [5, 5.41) is 2.01. The Hall–Kier alpha value is -0.290. The lowest BCUT2D eigenvalue weighted by Crippen LogP contribution is -2.06. The molecular formula is C13H16OS3. The van der Waals surface area contributed by atoms with Crippen molar-refractivity contribution in [2.45, 2.75) is 5.75 Å². The van der Waals surface area contributed by atoms with Gasteiger partial charge in [0.05, 0.1) is 0 Å². The fraction of sp³-hybridized carbons (Fsp3) is 0.231. The Balaban J connectivity index is 2.08.